The summed E-state index contributed by atoms with van der Waals surface area (Å²) in [7, 11) is 0. The number of para-hydroxylation sites is 1. The number of benzene rings is 1. The smallest absolute Gasteiger partial charge is 0.226 e. The van der Waals surface area contributed by atoms with Crippen LogP contribution in [0.1, 0.15) is 55.8 Å². The number of fused-ring (bicyclic) bond motifs is 1. The maximum atomic E-state index is 12.3. The Labute approximate surface area is 114 Å². The third-order valence-electron chi connectivity index (χ3n) is 3.58. The van der Waals surface area contributed by atoms with E-state index in [9.17, 15) is 9.59 Å². The molecule has 0 unspecified atom stereocenters. The quantitative estimate of drug-likeness (QED) is 0.775. The van der Waals surface area contributed by atoms with Crippen LogP contribution in [-0.4, -0.2) is 18.2 Å². The monoisotopic (exact) mass is 259 g/mol. The van der Waals surface area contributed by atoms with Crippen LogP contribution in [0.2, 0.25) is 0 Å². The second-order valence-electron chi connectivity index (χ2n) is 5.05. The van der Waals surface area contributed by atoms with Gasteiger partial charge in [-0.2, -0.15) is 0 Å². The molecule has 1 heterocycles. The van der Waals surface area contributed by atoms with E-state index in [-0.39, 0.29) is 11.7 Å². The number of ketones is 1. The number of carbonyl (C=O) groups excluding carboxylic acids is 2. The Morgan fingerprint density at radius 2 is 2.05 bits per heavy atom. The molecular formula is C16H21NO2. The zero-order valence-electron chi connectivity index (χ0n) is 11.5. The van der Waals surface area contributed by atoms with E-state index in [0.29, 0.717) is 24.9 Å². The van der Waals surface area contributed by atoms with E-state index in [0.717, 1.165) is 31.4 Å². The van der Waals surface area contributed by atoms with E-state index in [2.05, 4.69) is 6.92 Å². The van der Waals surface area contributed by atoms with Crippen LogP contribution in [-0.2, 0) is 4.79 Å². The van der Waals surface area contributed by atoms with Gasteiger partial charge in [0, 0.05) is 24.9 Å². The highest BCUT2D eigenvalue weighted by molar-refractivity contribution is 6.06. The van der Waals surface area contributed by atoms with Crippen LogP contribution in [0, 0.1) is 0 Å². The van der Waals surface area contributed by atoms with E-state index in [1.165, 1.54) is 0 Å². The second kappa shape index (κ2) is 6.50. The number of carbonyl (C=O) groups is 2. The standard InChI is InChI=1S/C16H21NO2/c1-2-3-4-11-16(19)17-12-7-10-15(18)13-8-5-6-9-14(13)17/h5-6,8-9H,2-4,7,10-12H2,1H3. The molecule has 0 saturated carbocycles. The molecule has 1 amide bonds. The average molecular weight is 259 g/mol. The zero-order chi connectivity index (χ0) is 13.7. The van der Waals surface area contributed by atoms with Gasteiger partial charge in [0.15, 0.2) is 5.78 Å². The lowest BCUT2D eigenvalue weighted by Crippen LogP contribution is -2.31. The number of rotatable bonds is 4. The van der Waals surface area contributed by atoms with Crippen molar-refractivity contribution in [3.8, 4) is 0 Å². The molecule has 0 bridgehead atoms. The number of hydrogen-bond donors (Lipinski definition) is 0. The molecule has 3 heteroatoms. The normalized spacial score (nSPS) is 15.0. The van der Waals surface area contributed by atoms with Gasteiger partial charge in [-0.25, -0.2) is 0 Å². The molecule has 102 valence electrons. The van der Waals surface area contributed by atoms with E-state index < -0.39 is 0 Å². The number of amides is 1. The van der Waals surface area contributed by atoms with Crippen molar-refractivity contribution in [2.45, 2.75) is 45.4 Å². The summed E-state index contributed by atoms with van der Waals surface area (Å²) in [6, 6.07) is 7.47. The zero-order valence-corrected chi connectivity index (χ0v) is 11.5. The van der Waals surface area contributed by atoms with Crippen molar-refractivity contribution in [2.24, 2.45) is 0 Å². The number of unbranched alkanes of at least 4 members (excludes halogenated alkanes) is 2. The number of hydrogen-bond acceptors (Lipinski definition) is 2. The lowest BCUT2D eigenvalue weighted by Gasteiger charge is -2.22. The number of Topliss-reactive ketones (excluding diaryl/α,β-unsaturated/α-hetero) is 1. The van der Waals surface area contributed by atoms with Crippen LogP contribution >= 0.6 is 0 Å². The molecular weight excluding hydrogens is 238 g/mol. The molecule has 3 nitrogen and oxygen atoms in total. The summed E-state index contributed by atoms with van der Waals surface area (Å²) in [4.78, 5) is 26.1. The van der Waals surface area contributed by atoms with Gasteiger partial charge >= 0.3 is 0 Å². The minimum atomic E-state index is 0.149. The fraction of sp³-hybridized carbons (Fsp3) is 0.500. The minimum Gasteiger partial charge on any atom is -0.312 e. The van der Waals surface area contributed by atoms with Gasteiger partial charge in [-0.15, -0.1) is 0 Å². The van der Waals surface area contributed by atoms with Gasteiger partial charge in [-0.05, 0) is 25.0 Å². The first kappa shape index (κ1) is 13.8. The summed E-state index contributed by atoms with van der Waals surface area (Å²) in [6.07, 6.45) is 5.00. The van der Waals surface area contributed by atoms with Gasteiger partial charge in [0.1, 0.15) is 0 Å². The lowest BCUT2D eigenvalue weighted by atomic mass is 10.1. The van der Waals surface area contributed by atoms with Gasteiger partial charge in [0.25, 0.3) is 0 Å². The molecule has 0 aliphatic carbocycles. The minimum absolute atomic E-state index is 0.149. The van der Waals surface area contributed by atoms with Gasteiger partial charge in [0.2, 0.25) is 5.91 Å². The van der Waals surface area contributed by atoms with Crippen molar-refractivity contribution in [2.75, 3.05) is 11.4 Å². The molecule has 1 aliphatic heterocycles. The summed E-state index contributed by atoms with van der Waals surface area (Å²) in [5.41, 5.74) is 1.50. The molecule has 1 aromatic carbocycles. The Hall–Kier alpha value is -1.64. The van der Waals surface area contributed by atoms with Crippen molar-refractivity contribution >= 4 is 17.4 Å². The summed E-state index contributed by atoms with van der Waals surface area (Å²) in [5, 5.41) is 0. The number of nitrogens with zero attached hydrogens (tertiary/aromatic N) is 1. The van der Waals surface area contributed by atoms with Crippen LogP contribution in [0.15, 0.2) is 24.3 Å². The first-order valence-corrected chi connectivity index (χ1v) is 7.16. The molecule has 0 radical (unpaired) electrons. The Kier molecular flexibility index (Phi) is 4.72. The Morgan fingerprint density at radius 3 is 2.84 bits per heavy atom. The summed E-state index contributed by atoms with van der Waals surface area (Å²) in [6.45, 7) is 2.79. The molecule has 0 spiro atoms. The fourth-order valence-electron chi connectivity index (χ4n) is 2.52. The Bertz CT molecular complexity index is 468. The van der Waals surface area contributed by atoms with Crippen LogP contribution < -0.4 is 4.90 Å². The van der Waals surface area contributed by atoms with Crippen molar-refractivity contribution in [3.05, 3.63) is 29.8 Å². The number of anilines is 1. The molecule has 0 atom stereocenters. The Balaban J connectivity index is 2.18. The summed E-state index contributed by atoms with van der Waals surface area (Å²) < 4.78 is 0. The van der Waals surface area contributed by atoms with Crippen molar-refractivity contribution in [1.82, 2.24) is 0 Å². The van der Waals surface area contributed by atoms with Gasteiger partial charge in [-0.1, -0.05) is 31.9 Å². The molecule has 0 aromatic heterocycles. The topological polar surface area (TPSA) is 37.4 Å². The van der Waals surface area contributed by atoms with E-state index in [1.807, 2.05) is 24.3 Å². The summed E-state index contributed by atoms with van der Waals surface area (Å²) >= 11 is 0. The van der Waals surface area contributed by atoms with Crippen molar-refractivity contribution in [1.29, 1.82) is 0 Å². The molecule has 0 fully saturated rings. The predicted octanol–water partition coefficient (Wildman–Crippen LogP) is 3.58. The summed E-state index contributed by atoms with van der Waals surface area (Å²) in [5.74, 6) is 0.301. The molecule has 1 aromatic rings. The highest BCUT2D eigenvalue weighted by Gasteiger charge is 2.24. The lowest BCUT2D eigenvalue weighted by molar-refractivity contribution is -0.118. The van der Waals surface area contributed by atoms with Crippen LogP contribution in [0.3, 0.4) is 0 Å². The first-order valence-electron chi connectivity index (χ1n) is 7.16. The van der Waals surface area contributed by atoms with Crippen LogP contribution in [0.5, 0.6) is 0 Å². The van der Waals surface area contributed by atoms with Gasteiger partial charge in [-0.3, -0.25) is 9.59 Å². The molecule has 19 heavy (non-hydrogen) atoms. The maximum Gasteiger partial charge on any atom is 0.226 e. The molecule has 2 rings (SSSR count). The van der Waals surface area contributed by atoms with Crippen LogP contribution in [0.4, 0.5) is 5.69 Å². The molecule has 0 N–H and O–H groups in total. The fourth-order valence-corrected chi connectivity index (χ4v) is 2.52. The second-order valence-corrected chi connectivity index (χ2v) is 5.05. The Morgan fingerprint density at radius 1 is 1.26 bits per heavy atom. The third-order valence-corrected chi connectivity index (χ3v) is 3.58. The highest BCUT2D eigenvalue weighted by atomic mass is 16.2. The largest absolute Gasteiger partial charge is 0.312 e. The predicted molar refractivity (Wildman–Crippen MR) is 76.5 cm³/mol. The van der Waals surface area contributed by atoms with Gasteiger partial charge < -0.3 is 4.90 Å². The van der Waals surface area contributed by atoms with E-state index in [1.54, 1.807) is 4.90 Å². The van der Waals surface area contributed by atoms with E-state index >= 15 is 0 Å². The van der Waals surface area contributed by atoms with E-state index in [4.69, 9.17) is 0 Å². The maximum absolute atomic E-state index is 12.3. The van der Waals surface area contributed by atoms with Crippen LogP contribution in [0.25, 0.3) is 0 Å². The SMILES string of the molecule is CCCCCC(=O)N1CCCC(=O)c2ccccc21. The molecule has 0 saturated heterocycles. The first-order chi connectivity index (χ1) is 9.24. The third kappa shape index (κ3) is 3.22. The van der Waals surface area contributed by atoms with Crippen molar-refractivity contribution in [3.63, 3.8) is 0 Å². The highest BCUT2D eigenvalue weighted by Crippen LogP contribution is 2.26. The van der Waals surface area contributed by atoms with Crippen molar-refractivity contribution < 1.29 is 9.59 Å². The average Bonchev–Trinajstić information content (AvgIpc) is 2.59. The molecule has 1 aliphatic rings. The van der Waals surface area contributed by atoms with Gasteiger partial charge in [0.05, 0.1) is 5.69 Å².